The number of fused-ring (bicyclic) bond motifs is 1. The number of hydrogen-bond donors (Lipinski definition) is 0. The molecule has 1 heterocycles. The van der Waals surface area contributed by atoms with E-state index in [1.165, 1.54) is 21.3 Å². The third-order valence-electron chi connectivity index (χ3n) is 4.50. The summed E-state index contributed by atoms with van der Waals surface area (Å²) >= 11 is 0. The highest BCUT2D eigenvalue weighted by Crippen LogP contribution is 2.17. The van der Waals surface area contributed by atoms with Crippen LogP contribution >= 0.6 is 0 Å². The molecule has 5 nitrogen and oxygen atoms in total. The Bertz CT molecular complexity index is 840. The van der Waals surface area contributed by atoms with Crippen molar-refractivity contribution in [2.45, 2.75) is 12.8 Å². The standard InChI is InChI=1S/C18H22N2O3S/c1-24(22,23)20-12-10-19(11-13-20)18(21)9-7-15-6-8-16-4-2-3-5-17(16)14-15/h2-6,8,14H,7,9-13H2,1H3. The molecule has 1 amide bonds. The van der Waals surface area contributed by atoms with Crippen molar-refractivity contribution in [3.05, 3.63) is 48.0 Å². The van der Waals surface area contributed by atoms with E-state index in [9.17, 15) is 13.2 Å². The van der Waals surface area contributed by atoms with Gasteiger partial charge in [-0.25, -0.2) is 8.42 Å². The minimum absolute atomic E-state index is 0.0938. The Morgan fingerprint density at radius 3 is 2.33 bits per heavy atom. The number of benzene rings is 2. The summed E-state index contributed by atoms with van der Waals surface area (Å²) in [5, 5.41) is 2.38. The Hall–Kier alpha value is -1.92. The van der Waals surface area contributed by atoms with Gasteiger partial charge in [-0.1, -0.05) is 42.5 Å². The summed E-state index contributed by atoms with van der Waals surface area (Å²) in [7, 11) is -3.16. The molecule has 0 aliphatic carbocycles. The van der Waals surface area contributed by atoms with Crippen LogP contribution in [0.15, 0.2) is 42.5 Å². The van der Waals surface area contributed by atoms with Gasteiger partial charge in [0, 0.05) is 32.6 Å². The van der Waals surface area contributed by atoms with E-state index in [2.05, 4.69) is 30.3 Å². The summed E-state index contributed by atoms with van der Waals surface area (Å²) in [6, 6.07) is 14.5. The smallest absolute Gasteiger partial charge is 0.222 e. The van der Waals surface area contributed by atoms with Gasteiger partial charge in [0.1, 0.15) is 0 Å². The highest BCUT2D eigenvalue weighted by atomic mass is 32.2. The maximum absolute atomic E-state index is 12.3. The first kappa shape index (κ1) is 16.9. The monoisotopic (exact) mass is 346 g/mol. The van der Waals surface area contributed by atoms with Gasteiger partial charge in [0.05, 0.1) is 6.26 Å². The molecule has 1 fully saturated rings. The van der Waals surface area contributed by atoms with Crippen LogP contribution in [0.3, 0.4) is 0 Å². The molecular formula is C18H22N2O3S. The third kappa shape index (κ3) is 3.94. The minimum Gasteiger partial charge on any atom is -0.340 e. The van der Waals surface area contributed by atoms with Gasteiger partial charge in [0.25, 0.3) is 0 Å². The Morgan fingerprint density at radius 2 is 1.67 bits per heavy atom. The average Bonchev–Trinajstić information content (AvgIpc) is 2.59. The number of sulfonamides is 1. The van der Waals surface area contributed by atoms with Crippen LogP contribution in [0.5, 0.6) is 0 Å². The average molecular weight is 346 g/mol. The maximum Gasteiger partial charge on any atom is 0.222 e. The van der Waals surface area contributed by atoms with E-state index in [-0.39, 0.29) is 5.91 Å². The fourth-order valence-corrected chi connectivity index (χ4v) is 3.90. The van der Waals surface area contributed by atoms with Gasteiger partial charge >= 0.3 is 0 Å². The van der Waals surface area contributed by atoms with Crippen LogP contribution in [0, 0.1) is 0 Å². The molecule has 0 unspecified atom stereocenters. The number of rotatable bonds is 4. The van der Waals surface area contributed by atoms with Crippen molar-refractivity contribution >= 4 is 26.7 Å². The van der Waals surface area contributed by atoms with Gasteiger partial charge in [0.15, 0.2) is 0 Å². The first-order valence-corrected chi connectivity index (χ1v) is 9.99. The molecule has 0 atom stereocenters. The molecule has 0 N–H and O–H groups in total. The number of nitrogens with zero attached hydrogens (tertiary/aromatic N) is 2. The fourth-order valence-electron chi connectivity index (χ4n) is 3.07. The first-order chi connectivity index (χ1) is 11.4. The van der Waals surface area contributed by atoms with E-state index in [1.54, 1.807) is 4.90 Å². The lowest BCUT2D eigenvalue weighted by molar-refractivity contribution is -0.132. The van der Waals surface area contributed by atoms with Gasteiger partial charge < -0.3 is 4.90 Å². The molecule has 0 spiro atoms. The first-order valence-electron chi connectivity index (χ1n) is 8.14. The predicted octanol–water partition coefficient (Wildman–Crippen LogP) is 1.88. The van der Waals surface area contributed by atoms with Gasteiger partial charge in [-0.2, -0.15) is 4.31 Å². The second kappa shape index (κ2) is 6.91. The zero-order chi connectivity index (χ0) is 17.2. The van der Waals surface area contributed by atoms with Crippen molar-refractivity contribution in [1.82, 2.24) is 9.21 Å². The van der Waals surface area contributed by atoms with Crippen LogP contribution in [0.2, 0.25) is 0 Å². The lowest BCUT2D eigenvalue weighted by Crippen LogP contribution is -2.50. The highest BCUT2D eigenvalue weighted by molar-refractivity contribution is 7.88. The van der Waals surface area contributed by atoms with Crippen LogP contribution in [0.1, 0.15) is 12.0 Å². The number of amides is 1. The lowest BCUT2D eigenvalue weighted by atomic mass is 10.0. The lowest BCUT2D eigenvalue weighted by Gasteiger charge is -2.33. The molecule has 128 valence electrons. The maximum atomic E-state index is 12.3. The zero-order valence-electron chi connectivity index (χ0n) is 13.8. The van der Waals surface area contributed by atoms with E-state index in [1.807, 2.05) is 12.1 Å². The predicted molar refractivity (Wildman–Crippen MR) is 95.3 cm³/mol. The molecular weight excluding hydrogens is 324 g/mol. The van der Waals surface area contributed by atoms with Crippen molar-refractivity contribution < 1.29 is 13.2 Å². The summed E-state index contributed by atoms with van der Waals surface area (Å²) < 4.78 is 24.4. The largest absolute Gasteiger partial charge is 0.340 e. The summed E-state index contributed by atoms with van der Waals surface area (Å²) in [4.78, 5) is 14.1. The summed E-state index contributed by atoms with van der Waals surface area (Å²) in [5.74, 6) is 0.0938. The molecule has 1 aliphatic heterocycles. The van der Waals surface area contributed by atoms with E-state index < -0.39 is 10.0 Å². The third-order valence-corrected chi connectivity index (χ3v) is 5.80. The Morgan fingerprint density at radius 1 is 1.00 bits per heavy atom. The SMILES string of the molecule is CS(=O)(=O)N1CCN(C(=O)CCc2ccc3ccccc3c2)CC1. The van der Waals surface area contributed by atoms with Crippen molar-refractivity contribution in [2.24, 2.45) is 0 Å². The fraction of sp³-hybridized carbons (Fsp3) is 0.389. The molecule has 6 heteroatoms. The molecule has 0 bridgehead atoms. The number of aryl methyl sites for hydroxylation is 1. The molecule has 2 aromatic rings. The topological polar surface area (TPSA) is 57.7 Å². The zero-order valence-corrected chi connectivity index (χ0v) is 14.6. The van der Waals surface area contributed by atoms with E-state index in [4.69, 9.17) is 0 Å². The molecule has 2 aromatic carbocycles. The molecule has 0 saturated carbocycles. The van der Waals surface area contributed by atoms with Crippen LogP contribution in [0.25, 0.3) is 10.8 Å². The summed E-state index contributed by atoms with van der Waals surface area (Å²) in [5.41, 5.74) is 1.15. The molecule has 1 aliphatic rings. The minimum atomic E-state index is -3.16. The van der Waals surface area contributed by atoms with E-state index >= 15 is 0 Å². The number of hydrogen-bond acceptors (Lipinski definition) is 3. The van der Waals surface area contributed by atoms with E-state index in [0.717, 1.165) is 5.56 Å². The Labute approximate surface area is 142 Å². The van der Waals surface area contributed by atoms with Crippen LogP contribution in [-0.2, 0) is 21.2 Å². The molecule has 0 radical (unpaired) electrons. The van der Waals surface area contributed by atoms with Crippen molar-refractivity contribution in [1.29, 1.82) is 0 Å². The van der Waals surface area contributed by atoms with Crippen molar-refractivity contribution in [2.75, 3.05) is 32.4 Å². The van der Waals surface area contributed by atoms with Crippen LogP contribution in [0.4, 0.5) is 0 Å². The summed E-state index contributed by atoms with van der Waals surface area (Å²) in [6.45, 7) is 1.73. The molecule has 24 heavy (non-hydrogen) atoms. The quantitative estimate of drug-likeness (QED) is 0.849. The Kier molecular flexibility index (Phi) is 4.87. The van der Waals surface area contributed by atoms with Gasteiger partial charge in [0.2, 0.25) is 15.9 Å². The van der Waals surface area contributed by atoms with E-state index in [0.29, 0.717) is 39.0 Å². The normalized spacial score (nSPS) is 16.5. The number of carbonyl (C=O) groups is 1. The second-order valence-corrected chi connectivity index (χ2v) is 8.21. The van der Waals surface area contributed by atoms with Crippen LogP contribution < -0.4 is 0 Å². The number of piperazine rings is 1. The number of carbonyl (C=O) groups excluding carboxylic acids is 1. The summed E-state index contributed by atoms with van der Waals surface area (Å²) in [6.07, 6.45) is 2.37. The molecule has 0 aromatic heterocycles. The molecule has 3 rings (SSSR count). The Balaban J connectivity index is 1.55. The van der Waals surface area contributed by atoms with Gasteiger partial charge in [-0.15, -0.1) is 0 Å². The van der Waals surface area contributed by atoms with Crippen molar-refractivity contribution in [3.63, 3.8) is 0 Å². The second-order valence-electron chi connectivity index (χ2n) is 6.22. The molecule has 1 saturated heterocycles. The van der Waals surface area contributed by atoms with Gasteiger partial charge in [-0.3, -0.25) is 4.79 Å². The van der Waals surface area contributed by atoms with Crippen LogP contribution in [-0.4, -0.2) is 56.0 Å². The highest BCUT2D eigenvalue weighted by Gasteiger charge is 2.25. The van der Waals surface area contributed by atoms with Gasteiger partial charge in [-0.05, 0) is 22.8 Å². The van der Waals surface area contributed by atoms with Crippen molar-refractivity contribution in [3.8, 4) is 0 Å².